The van der Waals surface area contributed by atoms with Crippen LogP contribution in [0.2, 0.25) is 0 Å². The van der Waals surface area contributed by atoms with Crippen LogP contribution < -0.4 is 15.5 Å². The lowest BCUT2D eigenvalue weighted by Gasteiger charge is -2.52. The Morgan fingerprint density at radius 2 is 1.70 bits per heavy atom. The van der Waals surface area contributed by atoms with Gasteiger partial charge in [0.1, 0.15) is 10.6 Å². The van der Waals surface area contributed by atoms with Crippen LogP contribution in [0.25, 0.3) is 10.8 Å². The summed E-state index contributed by atoms with van der Waals surface area (Å²) in [5.74, 6) is -2.21. The second kappa shape index (κ2) is 13.0. The summed E-state index contributed by atoms with van der Waals surface area (Å²) >= 11 is 1.55. The van der Waals surface area contributed by atoms with Crippen molar-refractivity contribution in [1.82, 2.24) is 5.32 Å². The van der Waals surface area contributed by atoms with Gasteiger partial charge in [-0.3, -0.25) is 8.98 Å². The molecule has 2 N–H and O–H groups in total. The summed E-state index contributed by atoms with van der Waals surface area (Å²) in [4.78, 5) is 16.1. The molecule has 1 aliphatic heterocycles. The number of nitrogens with zero attached hydrogens (tertiary/aromatic N) is 1. The minimum Gasteiger partial charge on any atom is -0.377 e. The molecule has 1 saturated carbocycles. The summed E-state index contributed by atoms with van der Waals surface area (Å²) < 4.78 is 71.6. The van der Waals surface area contributed by atoms with E-state index in [0.717, 1.165) is 45.0 Å². The van der Waals surface area contributed by atoms with Gasteiger partial charge in [-0.25, -0.2) is 0 Å². The number of nitrogens with one attached hydrogen (secondary N) is 2. The monoisotopic (exact) mass is 683 g/mol. The third-order valence-electron chi connectivity index (χ3n) is 8.94. The number of unbranched alkanes of at least 4 members (excludes halogenated alkanes) is 2. The second-order valence-electron chi connectivity index (χ2n) is 12.3. The second-order valence-corrected chi connectivity index (χ2v) is 15.0. The van der Waals surface area contributed by atoms with Gasteiger partial charge in [0.15, 0.2) is 0 Å². The lowest BCUT2D eigenvalue weighted by molar-refractivity contribution is -0.177. The fourth-order valence-electron chi connectivity index (χ4n) is 6.88. The van der Waals surface area contributed by atoms with Crippen molar-refractivity contribution in [3.8, 4) is 0 Å². The molecule has 12 heteroatoms. The maximum atomic E-state index is 13.3. The van der Waals surface area contributed by atoms with Crippen molar-refractivity contribution in [2.45, 2.75) is 64.5 Å². The Morgan fingerprint density at radius 1 is 0.957 bits per heavy atom. The molecule has 0 radical (unpaired) electrons. The first kappa shape index (κ1) is 33.2. The van der Waals surface area contributed by atoms with Gasteiger partial charge < -0.3 is 15.5 Å². The predicted octanol–water partition coefficient (Wildman–Crippen LogP) is 7.93. The van der Waals surface area contributed by atoms with E-state index in [1.165, 1.54) is 0 Å². The molecule has 3 atom stereocenters. The molecule has 1 amide bonds. The third kappa shape index (κ3) is 6.81. The zero-order valence-corrected chi connectivity index (χ0v) is 27.6. The van der Waals surface area contributed by atoms with Crippen molar-refractivity contribution in [1.29, 1.82) is 0 Å². The smallest absolute Gasteiger partial charge is 0.377 e. The Hall–Kier alpha value is -3.74. The molecule has 1 aliphatic carbocycles. The van der Waals surface area contributed by atoms with Gasteiger partial charge >= 0.3 is 12.1 Å². The summed E-state index contributed by atoms with van der Waals surface area (Å²) in [7, 11) is -0.185. The highest BCUT2D eigenvalue weighted by molar-refractivity contribution is 7.99. The Morgan fingerprint density at radius 3 is 2.45 bits per heavy atom. The van der Waals surface area contributed by atoms with Gasteiger partial charge in [-0.15, -0.1) is 0 Å². The van der Waals surface area contributed by atoms with Gasteiger partial charge in [-0.2, -0.15) is 21.6 Å². The van der Waals surface area contributed by atoms with E-state index in [-0.39, 0.29) is 23.3 Å². The van der Waals surface area contributed by atoms with E-state index < -0.39 is 27.9 Å². The minimum atomic E-state index is -4.99. The third-order valence-corrected chi connectivity index (χ3v) is 11.3. The Labute approximate surface area is 277 Å². The van der Waals surface area contributed by atoms with Crippen LogP contribution in [-0.2, 0) is 19.1 Å². The highest BCUT2D eigenvalue weighted by Crippen LogP contribution is 2.59. The first-order valence-electron chi connectivity index (χ1n) is 15.5. The van der Waals surface area contributed by atoms with Gasteiger partial charge in [0.05, 0.1) is 6.61 Å². The average molecular weight is 684 g/mol. The van der Waals surface area contributed by atoms with Crippen LogP contribution in [0.5, 0.6) is 0 Å². The maximum absolute atomic E-state index is 13.3. The zero-order chi connectivity index (χ0) is 33.4. The maximum Gasteiger partial charge on any atom is 0.471 e. The Bertz CT molecular complexity index is 1890. The topological polar surface area (TPSA) is 87.7 Å². The molecule has 0 bridgehead atoms. The van der Waals surface area contributed by atoms with Gasteiger partial charge in [0.25, 0.3) is 10.1 Å². The van der Waals surface area contributed by atoms with E-state index in [4.69, 9.17) is 4.18 Å². The molecule has 1 fully saturated rings. The molecule has 4 aromatic carbocycles. The van der Waals surface area contributed by atoms with Crippen LogP contribution in [0.3, 0.4) is 0 Å². The standard InChI is InChI=1S/C35H36F3N3O4S2/c1-41(2)30-16-9-15-27-26(30)14-10-17-31(27)47(43,44)45-20-8-4-5-11-23-22-34(40-33(42)35(36,37)38)32(23)28-19-18-25(21-29(28)39-34)46-24-12-6-3-7-13-24/h3,6-7,9-10,12-19,21,23,32,39H,4-5,8,11,20,22H2,1-2H3,(H,40,42)/t23-,32-,34+/m0/s1. The largest absolute Gasteiger partial charge is 0.471 e. The molecule has 6 rings (SSSR count). The van der Waals surface area contributed by atoms with Gasteiger partial charge in [0, 0.05) is 52.0 Å². The number of rotatable bonds is 12. The summed E-state index contributed by atoms with van der Waals surface area (Å²) in [5, 5.41) is 6.93. The van der Waals surface area contributed by atoms with E-state index in [9.17, 15) is 26.4 Å². The van der Waals surface area contributed by atoms with Gasteiger partial charge in [0.2, 0.25) is 0 Å². The van der Waals surface area contributed by atoms with Crippen LogP contribution in [0.4, 0.5) is 24.5 Å². The number of hydrogen-bond donors (Lipinski definition) is 2. The molecule has 7 nitrogen and oxygen atoms in total. The Balaban J connectivity index is 1.07. The van der Waals surface area contributed by atoms with E-state index in [0.29, 0.717) is 24.6 Å². The Kier molecular flexibility index (Phi) is 9.21. The van der Waals surface area contributed by atoms with Gasteiger partial charge in [-0.05, 0) is 67.1 Å². The van der Waals surface area contributed by atoms with Crippen LogP contribution in [-0.4, -0.2) is 46.9 Å². The fraction of sp³-hybridized carbons (Fsp3) is 0.343. The first-order chi connectivity index (χ1) is 22.4. The van der Waals surface area contributed by atoms with Crippen LogP contribution >= 0.6 is 11.8 Å². The highest BCUT2D eigenvalue weighted by atomic mass is 32.2. The summed E-state index contributed by atoms with van der Waals surface area (Å²) in [6.45, 7) is 0.0258. The molecule has 4 aromatic rings. The number of alkyl halides is 3. The number of amides is 1. The van der Waals surface area contributed by atoms with Crippen molar-refractivity contribution in [3.05, 3.63) is 90.5 Å². The molecule has 1 heterocycles. The summed E-state index contributed by atoms with van der Waals surface area (Å²) in [5.41, 5.74) is 1.33. The van der Waals surface area contributed by atoms with Crippen LogP contribution in [0, 0.1) is 5.92 Å². The molecular weight excluding hydrogens is 648 g/mol. The predicted molar refractivity (Wildman–Crippen MR) is 178 cm³/mol. The van der Waals surface area contributed by atoms with Crippen molar-refractivity contribution >= 4 is 49.9 Å². The minimum absolute atomic E-state index is 0.0258. The number of hydrogen-bond acceptors (Lipinski definition) is 7. The summed E-state index contributed by atoms with van der Waals surface area (Å²) in [6.07, 6.45) is -1.97. The molecule has 0 spiro atoms. The number of anilines is 2. The molecule has 0 unspecified atom stereocenters. The molecule has 0 aromatic heterocycles. The number of carbonyl (C=O) groups excluding carboxylic acids is 1. The van der Waals surface area contributed by atoms with Crippen molar-refractivity contribution in [2.75, 3.05) is 30.9 Å². The van der Waals surface area contributed by atoms with Gasteiger partial charge in [-0.1, -0.05) is 73.1 Å². The lowest BCUT2D eigenvalue weighted by Crippen LogP contribution is -2.66. The lowest BCUT2D eigenvalue weighted by atomic mass is 9.61. The van der Waals surface area contributed by atoms with Crippen molar-refractivity contribution in [2.24, 2.45) is 5.92 Å². The highest BCUT2D eigenvalue weighted by Gasteiger charge is 2.61. The number of carbonyl (C=O) groups is 1. The quantitative estimate of drug-likeness (QED) is 0.116. The molecule has 47 heavy (non-hydrogen) atoms. The van der Waals surface area contributed by atoms with E-state index in [2.05, 4.69) is 10.6 Å². The number of halogens is 3. The number of benzene rings is 4. The molecule has 248 valence electrons. The molecule has 2 aliphatic rings. The van der Waals surface area contributed by atoms with Crippen molar-refractivity contribution in [3.63, 3.8) is 0 Å². The SMILES string of the molecule is CN(C)c1cccc2c(S(=O)(=O)OCCCCC[C@H]3C[C@]4(NC(=O)C(F)(F)F)Nc5cc(Sc6ccccc6)ccc5[C@H]34)cccc12. The number of fused-ring (bicyclic) bond motifs is 4. The normalized spacial score (nSPS) is 20.2. The van der Waals surface area contributed by atoms with Crippen LogP contribution in [0.15, 0.2) is 99.6 Å². The summed E-state index contributed by atoms with van der Waals surface area (Å²) in [6, 6.07) is 26.3. The van der Waals surface area contributed by atoms with E-state index >= 15 is 0 Å². The van der Waals surface area contributed by atoms with Crippen LogP contribution in [0.1, 0.15) is 43.6 Å². The van der Waals surface area contributed by atoms with E-state index in [1.807, 2.05) is 85.7 Å². The fourth-order valence-corrected chi connectivity index (χ4v) is 8.92. The first-order valence-corrected chi connectivity index (χ1v) is 17.7. The molecular formula is C35H36F3N3O4S2. The average Bonchev–Trinajstić information content (AvgIpc) is 3.26. The zero-order valence-electron chi connectivity index (χ0n) is 26.0. The van der Waals surface area contributed by atoms with Crippen molar-refractivity contribution < 1.29 is 30.6 Å². The molecule has 0 saturated heterocycles. The van der Waals surface area contributed by atoms with E-state index in [1.54, 1.807) is 30.0 Å².